The van der Waals surface area contributed by atoms with Crippen molar-refractivity contribution in [2.75, 3.05) is 6.61 Å². The van der Waals surface area contributed by atoms with Gasteiger partial charge in [0.1, 0.15) is 12.6 Å². The predicted octanol–water partition coefficient (Wildman–Crippen LogP) is 5.02. The lowest BCUT2D eigenvalue weighted by Gasteiger charge is -2.32. The van der Waals surface area contributed by atoms with Crippen molar-refractivity contribution in [2.24, 2.45) is 0 Å². The van der Waals surface area contributed by atoms with Crippen LogP contribution >= 0.6 is 0 Å². The Morgan fingerprint density at radius 2 is 1.38 bits per heavy atom. The van der Waals surface area contributed by atoms with Gasteiger partial charge in [0, 0.05) is 12.8 Å². The van der Waals surface area contributed by atoms with Gasteiger partial charge in [-0.15, -0.1) is 0 Å². The van der Waals surface area contributed by atoms with Gasteiger partial charge in [-0.2, -0.15) is 13.2 Å². The molecule has 0 radical (unpaired) electrons. The molecule has 0 aliphatic rings. The van der Waals surface area contributed by atoms with Crippen molar-refractivity contribution in [1.82, 2.24) is 10.4 Å². The van der Waals surface area contributed by atoms with Gasteiger partial charge in [0.15, 0.2) is 6.04 Å². The average molecular weight is 559 g/mol. The van der Waals surface area contributed by atoms with Gasteiger partial charge in [-0.1, -0.05) is 72.8 Å². The smallest absolute Gasteiger partial charge is 0.425 e. The minimum absolute atomic E-state index is 0.00490. The summed E-state index contributed by atoms with van der Waals surface area (Å²) in [6, 6.07) is 18.6. The van der Waals surface area contributed by atoms with E-state index in [-0.39, 0.29) is 31.6 Å². The Bertz CT molecular complexity index is 1250. The Morgan fingerprint density at radius 3 is 1.90 bits per heavy atom. The number of halogens is 3. The first kappa shape index (κ1) is 30.2. The fourth-order valence-electron chi connectivity index (χ4n) is 3.84. The van der Waals surface area contributed by atoms with Crippen LogP contribution < -0.4 is 5.43 Å². The predicted molar refractivity (Wildman–Crippen MR) is 139 cm³/mol. The number of carboxylic acids is 1. The molecule has 11 heteroatoms. The van der Waals surface area contributed by atoms with Crippen LogP contribution in [0.4, 0.5) is 18.0 Å². The third kappa shape index (κ3) is 8.84. The summed E-state index contributed by atoms with van der Waals surface area (Å²) in [7, 11) is 0. The van der Waals surface area contributed by atoms with E-state index in [1.54, 1.807) is 67.6 Å². The van der Waals surface area contributed by atoms with E-state index >= 15 is 0 Å². The molecule has 0 saturated heterocycles. The van der Waals surface area contributed by atoms with Crippen molar-refractivity contribution in [3.05, 3.63) is 107 Å². The van der Waals surface area contributed by atoms with Crippen molar-refractivity contribution in [3.8, 4) is 0 Å². The molecule has 3 aromatic carbocycles. The summed E-state index contributed by atoms with van der Waals surface area (Å²) >= 11 is 0. The maximum Gasteiger partial charge on any atom is 0.425 e. The van der Waals surface area contributed by atoms with Gasteiger partial charge < -0.3 is 14.6 Å². The van der Waals surface area contributed by atoms with Gasteiger partial charge in [-0.05, 0) is 35.7 Å². The van der Waals surface area contributed by atoms with Gasteiger partial charge in [0.25, 0.3) is 0 Å². The number of alkyl halides is 3. The highest BCUT2D eigenvalue weighted by atomic mass is 19.4. The normalized spacial score (nSPS) is 12.7. The van der Waals surface area contributed by atoms with Crippen molar-refractivity contribution in [1.29, 1.82) is 0 Å². The van der Waals surface area contributed by atoms with Gasteiger partial charge in [0.05, 0.1) is 12.2 Å². The van der Waals surface area contributed by atoms with E-state index in [0.717, 1.165) is 29.3 Å². The second-order valence-corrected chi connectivity index (χ2v) is 8.79. The molecule has 0 aliphatic heterocycles. The lowest BCUT2D eigenvalue weighted by Crippen LogP contribution is -2.59. The van der Waals surface area contributed by atoms with E-state index in [1.807, 2.05) is 0 Å². The Labute approximate surface area is 229 Å². The summed E-state index contributed by atoms with van der Waals surface area (Å²) in [5, 5.41) is 10.7. The van der Waals surface area contributed by atoms with E-state index < -0.39 is 41.9 Å². The van der Waals surface area contributed by atoms with E-state index in [0.29, 0.717) is 11.1 Å². The molecule has 0 fully saturated rings. The number of carboxylic acid groups (broad SMARTS) is 1. The van der Waals surface area contributed by atoms with Crippen LogP contribution in [0.1, 0.15) is 29.2 Å². The molecule has 212 valence electrons. The van der Waals surface area contributed by atoms with Gasteiger partial charge in [-0.3, -0.25) is 4.79 Å². The first-order valence-corrected chi connectivity index (χ1v) is 12.4. The Hall–Kier alpha value is -4.38. The maximum absolute atomic E-state index is 13.3. The summed E-state index contributed by atoms with van der Waals surface area (Å²) in [6.07, 6.45) is -5.90. The van der Waals surface area contributed by atoms with Gasteiger partial charge in [0.2, 0.25) is 0 Å². The molecule has 1 amide bonds. The number of nitrogens with one attached hydrogen (secondary N) is 1. The number of hydrazine groups is 1. The van der Waals surface area contributed by atoms with Crippen LogP contribution in [0.25, 0.3) is 0 Å². The number of nitrogens with zero attached hydrogens (tertiary/aromatic N) is 1. The molecule has 0 spiro atoms. The van der Waals surface area contributed by atoms with E-state index in [9.17, 15) is 32.7 Å². The van der Waals surface area contributed by atoms with E-state index in [4.69, 9.17) is 9.47 Å². The van der Waals surface area contributed by atoms with Crippen LogP contribution in [0.15, 0.2) is 84.9 Å². The number of aliphatic carboxylic acids is 1. The van der Waals surface area contributed by atoms with Crippen molar-refractivity contribution >= 4 is 18.0 Å². The van der Waals surface area contributed by atoms with Crippen LogP contribution in [0.3, 0.4) is 0 Å². The molecular formula is C29H29F3N2O6. The van der Waals surface area contributed by atoms with Crippen LogP contribution in [-0.2, 0) is 44.7 Å². The van der Waals surface area contributed by atoms with Crippen molar-refractivity contribution in [2.45, 2.75) is 44.6 Å². The lowest BCUT2D eigenvalue weighted by atomic mass is 10.0. The zero-order valence-electron chi connectivity index (χ0n) is 21.6. The number of esters is 1. The largest absolute Gasteiger partial charge is 0.480 e. The quantitative estimate of drug-likeness (QED) is 0.238. The Balaban J connectivity index is 1.91. The average Bonchev–Trinajstić information content (AvgIpc) is 2.94. The number of carbonyl (C=O) groups excluding carboxylic acids is 2. The fraction of sp³-hybridized carbons (Fsp3) is 0.276. The highest BCUT2D eigenvalue weighted by Gasteiger charge is 2.36. The molecule has 2 atom stereocenters. The third-order valence-electron chi connectivity index (χ3n) is 5.86. The molecule has 8 nitrogen and oxygen atoms in total. The molecule has 0 heterocycles. The van der Waals surface area contributed by atoms with Crippen LogP contribution in [-0.4, -0.2) is 46.8 Å². The summed E-state index contributed by atoms with van der Waals surface area (Å²) < 4.78 is 49.5. The number of amides is 1. The molecule has 3 rings (SSSR count). The molecule has 0 bridgehead atoms. The van der Waals surface area contributed by atoms with Gasteiger partial charge >= 0.3 is 24.2 Å². The molecule has 0 saturated carbocycles. The SMILES string of the molecule is CCOC(=O)[C@H](Cc1ccccc1)N(N[C@@H](Cc1ccc(C(F)(F)F)cc1)C(=O)O)C(=O)OCc1ccccc1. The van der Waals surface area contributed by atoms with Crippen LogP contribution in [0.5, 0.6) is 0 Å². The molecule has 0 aromatic heterocycles. The zero-order valence-corrected chi connectivity index (χ0v) is 21.6. The molecular weight excluding hydrogens is 529 g/mol. The number of carbonyl (C=O) groups is 3. The van der Waals surface area contributed by atoms with E-state index in [2.05, 4.69) is 5.43 Å². The van der Waals surface area contributed by atoms with E-state index in [1.165, 1.54) is 0 Å². The van der Waals surface area contributed by atoms with Crippen LogP contribution in [0.2, 0.25) is 0 Å². The first-order chi connectivity index (χ1) is 19.1. The number of benzene rings is 3. The summed E-state index contributed by atoms with van der Waals surface area (Å²) in [4.78, 5) is 38.6. The summed E-state index contributed by atoms with van der Waals surface area (Å²) in [5.41, 5.74) is 3.28. The Morgan fingerprint density at radius 1 is 0.825 bits per heavy atom. The monoisotopic (exact) mass is 558 g/mol. The standard InChI is InChI=1S/C29H29F3N2O6/c1-2-39-27(37)25(18-20-9-5-3-6-10-20)34(28(38)40-19-22-11-7-4-8-12-22)33-24(26(35)36)17-21-13-15-23(16-14-21)29(30,31)32/h3-16,24-25,33H,2,17-19H2,1H3,(H,35,36)/t24-,25-/m0/s1. The minimum atomic E-state index is -4.55. The lowest BCUT2D eigenvalue weighted by molar-refractivity contribution is -0.152. The minimum Gasteiger partial charge on any atom is -0.480 e. The first-order valence-electron chi connectivity index (χ1n) is 12.4. The second-order valence-electron chi connectivity index (χ2n) is 8.79. The number of ether oxygens (including phenoxy) is 2. The highest BCUT2D eigenvalue weighted by Crippen LogP contribution is 2.29. The Kier molecular flexibility index (Phi) is 10.7. The molecule has 40 heavy (non-hydrogen) atoms. The topological polar surface area (TPSA) is 105 Å². The molecule has 0 aliphatic carbocycles. The second kappa shape index (κ2) is 14.1. The van der Waals surface area contributed by atoms with Crippen molar-refractivity contribution < 1.29 is 42.1 Å². The zero-order chi connectivity index (χ0) is 29.1. The maximum atomic E-state index is 13.3. The summed E-state index contributed by atoms with van der Waals surface area (Å²) in [6.45, 7) is 1.44. The molecule has 2 N–H and O–H groups in total. The number of hydrogen-bond acceptors (Lipinski definition) is 6. The number of hydrogen-bond donors (Lipinski definition) is 2. The molecule has 0 unspecified atom stereocenters. The summed E-state index contributed by atoms with van der Waals surface area (Å²) in [5.74, 6) is -2.20. The highest BCUT2D eigenvalue weighted by molar-refractivity contribution is 5.82. The number of rotatable bonds is 12. The fourth-order valence-corrected chi connectivity index (χ4v) is 3.84. The third-order valence-corrected chi connectivity index (χ3v) is 5.86. The van der Waals surface area contributed by atoms with Crippen LogP contribution in [0, 0.1) is 0 Å². The van der Waals surface area contributed by atoms with Crippen molar-refractivity contribution in [3.63, 3.8) is 0 Å². The van der Waals surface area contributed by atoms with Gasteiger partial charge in [-0.25, -0.2) is 20.0 Å². The molecule has 3 aromatic rings.